The minimum Gasteiger partial charge on any atom is -0.457 e. The zero-order valence-corrected chi connectivity index (χ0v) is 21.2. The summed E-state index contributed by atoms with van der Waals surface area (Å²) in [4.78, 5) is 32.0. The van der Waals surface area contributed by atoms with E-state index in [1.54, 1.807) is 9.80 Å². The first-order chi connectivity index (χ1) is 16.0. The van der Waals surface area contributed by atoms with E-state index in [9.17, 15) is 9.59 Å². The molecule has 0 aliphatic carbocycles. The molecule has 2 heterocycles. The van der Waals surface area contributed by atoms with Crippen LogP contribution in [0.25, 0.3) is 0 Å². The molecule has 0 radical (unpaired) electrons. The van der Waals surface area contributed by atoms with Gasteiger partial charge in [0.2, 0.25) is 0 Å². The van der Waals surface area contributed by atoms with Crippen LogP contribution in [-0.2, 0) is 9.59 Å². The van der Waals surface area contributed by atoms with E-state index < -0.39 is 0 Å². The standard InChI is InChI=1S/C25H26N2O3S3/c1-3-5-14-26-22(28)21(23(29)27(25(26)31)15-6-4-2)24-32-19-13-12-18(16-20(19)33-24)30-17-10-8-7-9-11-17/h7-13,16H,3-6,14-15H2,1-2H3. The molecule has 1 fully saturated rings. The number of amides is 2. The average molecular weight is 499 g/mol. The fourth-order valence-corrected chi connectivity index (χ4v) is 6.44. The molecule has 0 bridgehead atoms. The molecule has 0 atom stereocenters. The number of thiocarbonyl (C=S) groups is 1. The summed E-state index contributed by atoms with van der Waals surface area (Å²) in [5, 5.41) is 0.334. The number of rotatable bonds is 8. The number of ether oxygens (including phenoxy) is 1. The monoisotopic (exact) mass is 498 g/mol. The lowest BCUT2D eigenvalue weighted by molar-refractivity contribution is -0.133. The second-order valence-electron chi connectivity index (χ2n) is 7.79. The molecule has 0 N–H and O–H groups in total. The van der Waals surface area contributed by atoms with E-state index in [4.69, 9.17) is 17.0 Å². The number of hydrogen-bond donors (Lipinski definition) is 0. The Morgan fingerprint density at radius 1 is 0.818 bits per heavy atom. The van der Waals surface area contributed by atoms with Crippen LogP contribution in [0.2, 0.25) is 0 Å². The van der Waals surface area contributed by atoms with Crippen molar-refractivity contribution < 1.29 is 14.3 Å². The normalized spacial score (nSPS) is 16.0. The van der Waals surface area contributed by atoms with Crippen molar-refractivity contribution >= 4 is 52.7 Å². The van der Waals surface area contributed by atoms with Gasteiger partial charge in [-0.3, -0.25) is 19.4 Å². The zero-order chi connectivity index (χ0) is 23.4. The molecule has 0 unspecified atom stereocenters. The minimum atomic E-state index is -0.283. The highest BCUT2D eigenvalue weighted by Crippen LogP contribution is 2.54. The molecular formula is C25H26N2O3S3. The van der Waals surface area contributed by atoms with Gasteiger partial charge in [0, 0.05) is 22.9 Å². The Bertz CT molecular complexity index is 1070. The molecule has 1 saturated heterocycles. The maximum absolute atomic E-state index is 13.4. The number of para-hydroxylation sites is 1. The summed E-state index contributed by atoms with van der Waals surface area (Å²) in [5.41, 5.74) is 0.229. The van der Waals surface area contributed by atoms with Gasteiger partial charge in [-0.25, -0.2) is 0 Å². The van der Waals surface area contributed by atoms with E-state index in [1.807, 2.05) is 48.5 Å². The Balaban J connectivity index is 1.63. The van der Waals surface area contributed by atoms with Crippen LogP contribution in [-0.4, -0.2) is 39.8 Å². The van der Waals surface area contributed by atoms with Crippen LogP contribution in [0.5, 0.6) is 11.5 Å². The third-order valence-corrected chi connectivity index (χ3v) is 8.34. The molecule has 0 spiro atoms. The van der Waals surface area contributed by atoms with Crippen molar-refractivity contribution in [3.8, 4) is 11.5 Å². The molecule has 2 aromatic carbocycles. The highest BCUT2D eigenvalue weighted by molar-refractivity contribution is 8.24. The number of fused-ring (bicyclic) bond motifs is 1. The van der Waals surface area contributed by atoms with E-state index in [2.05, 4.69) is 13.8 Å². The third kappa shape index (κ3) is 5.13. The summed E-state index contributed by atoms with van der Waals surface area (Å²) in [6, 6.07) is 15.4. The highest BCUT2D eigenvalue weighted by atomic mass is 32.2. The molecule has 2 aliphatic rings. The minimum absolute atomic E-state index is 0.229. The summed E-state index contributed by atoms with van der Waals surface area (Å²) < 4.78 is 6.67. The Morgan fingerprint density at radius 2 is 1.42 bits per heavy atom. The van der Waals surface area contributed by atoms with Crippen molar-refractivity contribution in [2.45, 2.75) is 49.3 Å². The van der Waals surface area contributed by atoms with Crippen LogP contribution >= 0.6 is 35.7 Å². The number of carbonyl (C=O) groups excluding carboxylic acids is 2. The van der Waals surface area contributed by atoms with Gasteiger partial charge in [0.1, 0.15) is 17.1 Å². The summed E-state index contributed by atoms with van der Waals surface area (Å²) in [6.45, 7) is 5.20. The maximum atomic E-state index is 13.4. The largest absolute Gasteiger partial charge is 0.457 e. The molecule has 2 aliphatic heterocycles. The number of benzene rings is 2. The molecule has 172 valence electrons. The van der Waals surface area contributed by atoms with E-state index in [0.717, 1.165) is 47.0 Å². The predicted octanol–water partition coefficient (Wildman–Crippen LogP) is 6.44. The van der Waals surface area contributed by atoms with Crippen LogP contribution in [0.1, 0.15) is 39.5 Å². The molecule has 0 saturated carbocycles. The lowest BCUT2D eigenvalue weighted by Gasteiger charge is -2.37. The van der Waals surface area contributed by atoms with Crippen molar-refractivity contribution in [3.05, 3.63) is 58.3 Å². The topological polar surface area (TPSA) is 49.9 Å². The Hall–Kier alpha value is -2.29. The van der Waals surface area contributed by atoms with Crippen molar-refractivity contribution in [2.24, 2.45) is 0 Å². The Kier molecular flexibility index (Phi) is 7.78. The molecular weight excluding hydrogens is 472 g/mol. The molecule has 0 aromatic heterocycles. The van der Waals surface area contributed by atoms with Gasteiger partial charge in [0.25, 0.3) is 11.8 Å². The number of hydrogen-bond acceptors (Lipinski definition) is 6. The quantitative estimate of drug-likeness (QED) is 0.237. The van der Waals surface area contributed by atoms with Crippen molar-refractivity contribution in [1.29, 1.82) is 0 Å². The molecule has 5 nitrogen and oxygen atoms in total. The van der Waals surface area contributed by atoms with E-state index in [1.165, 1.54) is 23.5 Å². The molecule has 33 heavy (non-hydrogen) atoms. The lowest BCUT2D eigenvalue weighted by atomic mass is 10.1. The second-order valence-corrected chi connectivity index (χ2v) is 10.5. The Morgan fingerprint density at radius 3 is 2.03 bits per heavy atom. The van der Waals surface area contributed by atoms with Crippen LogP contribution in [0.3, 0.4) is 0 Å². The van der Waals surface area contributed by atoms with E-state index >= 15 is 0 Å². The maximum Gasteiger partial charge on any atom is 0.267 e. The van der Waals surface area contributed by atoms with Gasteiger partial charge in [-0.2, -0.15) is 0 Å². The molecule has 2 amide bonds. The first-order valence-electron chi connectivity index (χ1n) is 11.2. The van der Waals surface area contributed by atoms with Crippen molar-refractivity contribution in [3.63, 3.8) is 0 Å². The predicted molar refractivity (Wildman–Crippen MR) is 138 cm³/mol. The number of carbonyl (C=O) groups is 2. The summed E-state index contributed by atoms with van der Waals surface area (Å²) in [5.74, 6) is 0.913. The molecule has 8 heteroatoms. The van der Waals surface area contributed by atoms with Crippen molar-refractivity contribution in [2.75, 3.05) is 13.1 Å². The number of thioether (sulfide) groups is 2. The van der Waals surface area contributed by atoms with E-state index in [0.29, 0.717) is 22.4 Å². The van der Waals surface area contributed by atoms with Gasteiger partial charge in [-0.15, -0.1) is 0 Å². The summed E-state index contributed by atoms with van der Waals surface area (Å²) in [6.07, 6.45) is 3.57. The van der Waals surface area contributed by atoms with Crippen LogP contribution in [0, 0.1) is 0 Å². The van der Waals surface area contributed by atoms with Gasteiger partial charge < -0.3 is 4.74 Å². The van der Waals surface area contributed by atoms with Crippen molar-refractivity contribution in [1.82, 2.24) is 9.80 Å². The number of nitrogens with zero attached hydrogens (tertiary/aromatic N) is 2. The fraction of sp³-hybridized carbons (Fsp3) is 0.320. The Labute approximate surface area is 208 Å². The average Bonchev–Trinajstić information content (AvgIpc) is 3.22. The first kappa shape index (κ1) is 23.9. The van der Waals surface area contributed by atoms with Gasteiger partial charge in [0.05, 0.1) is 4.24 Å². The molecule has 2 aromatic rings. The van der Waals surface area contributed by atoms with Crippen LogP contribution < -0.4 is 4.74 Å². The zero-order valence-electron chi connectivity index (χ0n) is 18.7. The highest BCUT2D eigenvalue weighted by Gasteiger charge is 2.42. The second kappa shape index (κ2) is 10.8. The van der Waals surface area contributed by atoms with Gasteiger partial charge >= 0.3 is 0 Å². The molecule has 4 rings (SSSR count). The third-order valence-electron chi connectivity index (χ3n) is 5.35. The summed E-state index contributed by atoms with van der Waals surface area (Å²) in [7, 11) is 0. The van der Waals surface area contributed by atoms with E-state index in [-0.39, 0.29) is 17.4 Å². The number of unbranched alkanes of at least 4 members (excludes halogenated alkanes) is 2. The lowest BCUT2D eigenvalue weighted by Crippen LogP contribution is -2.56. The van der Waals surface area contributed by atoms with Gasteiger partial charge in [-0.05, 0) is 55.4 Å². The van der Waals surface area contributed by atoms with Crippen LogP contribution in [0.15, 0.2) is 68.1 Å². The first-order valence-corrected chi connectivity index (χ1v) is 13.2. The SMILES string of the molecule is CCCCN1C(=O)C(=C2Sc3ccc(Oc4ccccc4)cc3S2)C(=O)N(CCCC)C1=S. The van der Waals surface area contributed by atoms with Gasteiger partial charge in [0.15, 0.2) is 5.11 Å². The van der Waals surface area contributed by atoms with Crippen LogP contribution in [0.4, 0.5) is 0 Å². The van der Waals surface area contributed by atoms with Gasteiger partial charge in [-0.1, -0.05) is 68.4 Å². The fourth-order valence-electron chi connectivity index (χ4n) is 3.55. The summed E-state index contributed by atoms with van der Waals surface area (Å²) >= 11 is 8.48. The smallest absolute Gasteiger partial charge is 0.267 e.